The van der Waals surface area contributed by atoms with Crippen LogP contribution in [-0.2, 0) is 28.6 Å². The highest BCUT2D eigenvalue weighted by Crippen LogP contribution is 2.48. The number of rotatable bonds is 6. The third-order valence-electron chi connectivity index (χ3n) is 8.38. The van der Waals surface area contributed by atoms with Gasteiger partial charge in [-0.2, -0.15) is 0 Å². The zero-order chi connectivity index (χ0) is 26.9. The maximum Gasteiger partial charge on any atom is 0.231 e. The van der Waals surface area contributed by atoms with Crippen LogP contribution in [0.15, 0.2) is 66.7 Å². The lowest BCUT2D eigenvalue weighted by atomic mass is 9.74. The van der Waals surface area contributed by atoms with E-state index < -0.39 is 0 Å². The number of nitrogens with zero attached hydrogens (tertiary/aromatic N) is 2. The SMILES string of the molecule is COc1ccc(CC(=O)N2CC3(CCN(Cc4ccc(C(C)(C)C)cc4)CC3)c3cc(OC)ccc32)cc1. The summed E-state index contributed by atoms with van der Waals surface area (Å²) in [5.41, 5.74) is 6.16. The standard InChI is InChI=1S/C33H40N2O3/c1-32(2,3)26-10-6-25(7-11-26)22-34-18-16-33(17-19-34)23-35(30-15-14-28(38-5)21-29(30)33)31(36)20-24-8-12-27(37-4)13-9-24/h6-15,21H,16-20,22-23H2,1-5H3. The van der Waals surface area contributed by atoms with Crippen molar-refractivity contribution >= 4 is 11.6 Å². The first-order valence-electron chi connectivity index (χ1n) is 13.6. The molecule has 0 aromatic heterocycles. The van der Waals surface area contributed by atoms with E-state index in [1.54, 1.807) is 14.2 Å². The zero-order valence-electron chi connectivity index (χ0n) is 23.4. The highest BCUT2D eigenvalue weighted by Gasteiger charge is 2.46. The number of carbonyl (C=O) groups is 1. The predicted molar refractivity (Wildman–Crippen MR) is 153 cm³/mol. The highest BCUT2D eigenvalue weighted by molar-refractivity contribution is 5.97. The molecule has 0 unspecified atom stereocenters. The summed E-state index contributed by atoms with van der Waals surface area (Å²) in [4.78, 5) is 18.1. The van der Waals surface area contributed by atoms with Gasteiger partial charge in [0.1, 0.15) is 11.5 Å². The van der Waals surface area contributed by atoms with Crippen LogP contribution in [0.5, 0.6) is 11.5 Å². The van der Waals surface area contributed by atoms with Gasteiger partial charge in [-0.05, 0) is 83.9 Å². The van der Waals surface area contributed by atoms with Crippen LogP contribution in [-0.4, -0.2) is 44.7 Å². The van der Waals surface area contributed by atoms with E-state index in [0.29, 0.717) is 6.42 Å². The summed E-state index contributed by atoms with van der Waals surface area (Å²) in [7, 11) is 3.37. The lowest BCUT2D eigenvalue weighted by Crippen LogP contribution is -2.46. The van der Waals surface area contributed by atoms with E-state index in [4.69, 9.17) is 9.47 Å². The minimum Gasteiger partial charge on any atom is -0.497 e. The van der Waals surface area contributed by atoms with Crippen molar-refractivity contribution in [3.8, 4) is 11.5 Å². The third kappa shape index (κ3) is 5.30. The van der Waals surface area contributed by atoms with Gasteiger partial charge in [-0.1, -0.05) is 57.2 Å². The van der Waals surface area contributed by atoms with Gasteiger partial charge in [0.15, 0.2) is 0 Å². The molecular weight excluding hydrogens is 472 g/mol. The topological polar surface area (TPSA) is 42.0 Å². The molecule has 2 aliphatic rings. The van der Waals surface area contributed by atoms with Crippen molar-refractivity contribution in [3.63, 3.8) is 0 Å². The van der Waals surface area contributed by atoms with E-state index in [9.17, 15) is 4.79 Å². The van der Waals surface area contributed by atoms with E-state index in [1.165, 1.54) is 16.7 Å². The van der Waals surface area contributed by atoms with Crippen molar-refractivity contribution in [1.29, 1.82) is 0 Å². The van der Waals surface area contributed by atoms with Gasteiger partial charge < -0.3 is 14.4 Å². The molecule has 38 heavy (non-hydrogen) atoms. The van der Waals surface area contributed by atoms with E-state index in [2.05, 4.69) is 62.1 Å². The molecule has 5 rings (SSSR count). The first kappa shape index (κ1) is 26.3. The Morgan fingerprint density at radius 3 is 2.05 bits per heavy atom. The number of hydrogen-bond acceptors (Lipinski definition) is 4. The molecule has 0 saturated carbocycles. The molecular formula is C33H40N2O3. The molecule has 2 aliphatic heterocycles. The Morgan fingerprint density at radius 1 is 0.842 bits per heavy atom. The number of piperidine rings is 1. The van der Waals surface area contributed by atoms with E-state index >= 15 is 0 Å². The third-order valence-corrected chi connectivity index (χ3v) is 8.38. The Morgan fingerprint density at radius 2 is 1.45 bits per heavy atom. The second-order valence-electron chi connectivity index (χ2n) is 11.9. The number of benzene rings is 3. The Balaban J connectivity index is 1.31. The fourth-order valence-electron chi connectivity index (χ4n) is 5.95. The second-order valence-corrected chi connectivity index (χ2v) is 11.9. The first-order valence-corrected chi connectivity index (χ1v) is 13.6. The number of likely N-dealkylation sites (tertiary alicyclic amines) is 1. The zero-order valence-corrected chi connectivity index (χ0v) is 23.4. The van der Waals surface area contributed by atoms with Crippen molar-refractivity contribution < 1.29 is 14.3 Å². The normalized spacial score (nSPS) is 16.9. The molecule has 0 aliphatic carbocycles. The van der Waals surface area contributed by atoms with Gasteiger partial charge in [0.25, 0.3) is 0 Å². The number of methoxy groups -OCH3 is 2. The smallest absolute Gasteiger partial charge is 0.231 e. The maximum absolute atomic E-state index is 13.6. The molecule has 0 N–H and O–H groups in total. The summed E-state index contributed by atoms with van der Waals surface area (Å²) < 4.78 is 10.9. The average molecular weight is 513 g/mol. The minimum atomic E-state index is -0.0357. The van der Waals surface area contributed by atoms with Gasteiger partial charge in [-0.3, -0.25) is 9.69 Å². The molecule has 0 radical (unpaired) electrons. The van der Waals surface area contributed by atoms with Crippen molar-refractivity contribution in [2.45, 2.75) is 57.4 Å². The van der Waals surface area contributed by atoms with Crippen LogP contribution in [0.2, 0.25) is 0 Å². The molecule has 1 amide bonds. The van der Waals surface area contributed by atoms with E-state index in [-0.39, 0.29) is 16.7 Å². The van der Waals surface area contributed by atoms with Gasteiger partial charge in [-0.15, -0.1) is 0 Å². The minimum absolute atomic E-state index is 0.0357. The van der Waals surface area contributed by atoms with Crippen molar-refractivity contribution in [2.24, 2.45) is 0 Å². The summed E-state index contributed by atoms with van der Waals surface area (Å²) in [6.45, 7) is 10.5. The second kappa shape index (κ2) is 10.5. The van der Waals surface area contributed by atoms with Crippen LogP contribution in [0.3, 0.4) is 0 Å². The summed E-state index contributed by atoms with van der Waals surface area (Å²) in [6.07, 6.45) is 2.43. The van der Waals surface area contributed by atoms with Gasteiger partial charge in [0.05, 0.1) is 20.6 Å². The quantitative estimate of drug-likeness (QED) is 0.399. The first-order chi connectivity index (χ1) is 18.2. The predicted octanol–water partition coefficient (Wildman–Crippen LogP) is 6.12. The monoisotopic (exact) mass is 512 g/mol. The van der Waals surface area contributed by atoms with Crippen LogP contribution >= 0.6 is 0 Å². The molecule has 3 aromatic carbocycles. The molecule has 0 bridgehead atoms. The van der Waals surface area contributed by atoms with Gasteiger partial charge >= 0.3 is 0 Å². The van der Waals surface area contributed by atoms with Crippen molar-refractivity contribution in [2.75, 3.05) is 38.8 Å². The van der Waals surface area contributed by atoms with Gasteiger partial charge in [-0.25, -0.2) is 0 Å². The number of ether oxygens (including phenoxy) is 2. The van der Waals surface area contributed by atoms with Crippen molar-refractivity contribution in [3.05, 3.63) is 89.0 Å². The summed E-state index contributed by atoms with van der Waals surface area (Å²) in [5, 5.41) is 0. The maximum atomic E-state index is 13.6. The number of amides is 1. The van der Waals surface area contributed by atoms with Crippen LogP contribution in [0.1, 0.15) is 55.9 Å². The average Bonchev–Trinajstić information content (AvgIpc) is 3.23. The lowest BCUT2D eigenvalue weighted by molar-refractivity contribution is -0.118. The van der Waals surface area contributed by atoms with Gasteiger partial charge in [0.2, 0.25) is 5.91 Å². The molecule has 200 valence electrons. The summed E-state index contributed by atoms with van der Waals surface area (Å²) in [5.74, 6) is 1.80. The van der Waals surface area contributed by atoms with Crippen LogP contribution in [0, 0.1) is 0 Å². The van der Waals surface area contributed by atoms with Gasteiger partial charge in [0, 0.05) is 24.2 Å². The molecule has 3 aromatic rings. The lowest BCUT2D eigenvalue weighted by Gasteiger charge is -2.40. The summed E-state index contributed by atoms with van der Waals surface area (Å²) in [6, 6.07) is 23.1. The fourth-order valence-corrected chi connectivity index (χ4v) is 5.95. The number of anilines is 1. The number of carbonyl (C=O) groups excluding carboxylic acids is 1. The van der Waals surface area contributed by atoms with Crippen LogP contribution in [0.25, 0.3) is 0 Å². The van der Waals surface area contributed by atoms with Crippen LogP contribution < -0.4 is 14.4 Å². The fraction of sp³-hybridized carbons (Fsp3) is 0.424. The van der Waals surface area contributed by atoms with E-state index in [0.717, 1.165) is 61.8 Å². The largest absolute Gasteiger partial charge is 0.497 e. The summed E-state index contributed by atoms with van der Waals surface area (Å²) >= 11 is 0. The molecule has 5 heteroatoms. The number of fused-ring (bicyclic) bond motifs is 2. The Kier molecular flexibility index (Phi) is 7.23. The molecule has 0 atom stereocenters. The molecule has 5 nitrogen and oxygen atoms in total. The number of hydrogen-bond donors (Lipinski definition) is 0. The Labute approximate surface area is 227 Å². The van der Waals surface area contributed by atoms with Crippen molar-refractivity contribution in [1.82, 2.24) is 4.90 Å². The highest BCUT2D eigenvalue weighted by atomic mass is 16.5. The molecule has 1 spiro atoms. The van der Waals surface area contributed by atoms with E-state index in [1.807, 2.05) is 35.2 Å². The van der Waals surface area contributed by atoms with Crippen LogP contribution in [0.4, 0.5) is 5.69 Å². The molecule has 1 fully saturated rings. The Bertz CT molecular complexity index is 1270. The molecule has 1 saturated heterocycles. The Hall–Kier alpha value is -3.31. The molecule has 2 heterocycles.